The number of hydrogen-bond acceptors (Lipinski definition) is 5. The molecule has 1 amide bonds. The van der Waals surface area contributed by atoms with Crippen LogP contribution in [0.15, 0.2) is 30.3 Å². The molecule has 2 rings (SSSR count). The van der Waals surface area contributed by atoms with E-state index in [1.54, 1.807) is 0 Å². The molecule has 2 aromatic rings. The first-order chi connectivity index (χ1) is 8.94. The molecule has 1 aromatic carbocycles. The Bertz CT molecular complexity index is 561. The molecular weight excluding hydrogens is 262 g/mol. The molecule has 0 atom stereocenters. The van der Waals surface area contributed by atoms with E-state index in [1.165, 1.54) is 0 Å². The summed E-state index contributed by atoms with van der Waals surface area (Å²) in [6.07, 6.45) is -0.525. The van der Waals surface area contributed by atoms with Gasteiger partial charge in [-0.3, -0.25) is 5.32 Å². The maximum Gasteiger partial charge on any atom is 0.414 e. The van der Waals surface area contributed by atoms with Crippen molar-refractivity contribution in [2.24, 2.45) is 0 Å². The van der Waals surface area contributed by atoms with Crippen molar-refractivity contribution in [3.05, 3.63) is 30.3 Å². The van der Waals surface area contributed by atoms with E-state index in [1.807, 2.05) is 51.1 Å². The molecule has 0 spiro atoms. The molecular formula is C13H15N3O2S. The fraction of sp³-hybridized carbons (Fsp3) is 0.308. The first kappa shape index (κ1) is 13.5. The Balaban J connectivity index is 2.04. The molecule has 0 unspecified atom stereocenters. The Kier molecular flexibility index (Phi) is 3.80. The van der Waals surface area contributed by atoms with Crippen molar-refractivity contribution in [3.8, 4) is 11.4 Å². The number of benzene rings is 1. The van der Waals surface area contributed by atoms with Crippen LogP contribution in [0.2, 0.25) is 0 Å². The van der Waals surface area contributed by atoms with Crippen molar-refractivity contribution in [1.29, 1.82) is 0 Å². The molecule has 6 heteroatoms. The third kappa shape index (κ3) is 4.03. The van der Waals surface area contributed by atoms with Gasteiger partial charge in [-0.1, -0.05) is 30.3 Å². The van der Waals surface area contributed by atoms with Crippen LogP contribution in [0.25, 0.3) is 11.4 Å². The molecule has 0 bridgehead atoms. The van der Waals surface area contributed by atoms with Gasteiger partial charge in [-0.25, -0.2) is 4.79 Å². The van der Waals surface area contributed by atoms with Crippen LogP contribution < -0.4 is 5.32 Å². The maximum absolute atomic E-state index is 11.6. The van der Waals surface area contributed by atoms with Crippen molar-refractivity contribution in [2.75, 3.05) is 5.32 Å². The van der Waals surface area contributed by atoms with Crippen molar-refractivity contribution in [1.82, 2.24) is 9.36 Å². The Morgan fingerprint density at radius 2 is 1.95 bits per heavy atom. The molecule has 19 heavy (non-hydrogen) atoms. The number of hydrogen-bond donors (Lipinski definition) is 1. The largest absolute Gasteiger partial charge is 0.444 e. The molecule has 100 valence electrons. The fourth-order valence-electron chi connectivity index (χ4n) is 1.37. The van der Waals surface area contributed by atoms with E-state index >= 15 is 0 Å². The third-order valence-corrected chi connectivity index (χ3v) is 2.70. The second-order valence-corrected chi connectivity index (χ2v) is 5.67. The van der Waals surface area contributed by atoms with Gasteiger partial charge >= 0.3 is 6.09 Å². The minimum Gasteiger partial charge on any atom is -0.444 e. The number of ether oxygens (including phenoxy) is 1. The smallest absolute Gasteiger partial charge is 0.414 e. The van der Waals surface area contributed by atoms with E-state index in [0.29, 0.717) is 11.0 Å². The highest BCUT2D eigenvalue weighted by Crippen LogP contribution is 2.21. The van der Waals surface area contributed by atoms with Crippen molar-refractivity contribution >= 4 is 22.8 Å². The molecule has 5 nitrogen and oxygen atoms in total. The number of carbonyl (C=O) groups is 1. The van der Waals surface area contributed by atoms with Crippen molar-refractivity contribution in [2.45, 2.75) is 26.4 Å². The van der Waals surface area contributed by atoms with Crippen molar-refractivity contribution < 1.29 is 9.53 Å². The van der Waals surface area contributed by atoms with Gasteiger partial charge in [-0.15, -0.1) is 0 Å². The number of rotatable bonds is 2. The minimum absolute atomic E-state index is 0.424. The van der Waals surface area contributed by atoms with E-state index in [-0.39, 0.29) is 0 Å². The van der Waals surface area contributed by atoms with E-state index in [2.05, 4.69) is 14.7 Å². The summed E-state index contributed by atoms with van der Waals surface area (Å²) >= 11 is 1.13. The predicted molar refractivity (Wildman–Crippen MR) is 75.2 cm³/mol. The summed E-state index contributed by atoms with van der Waals surface area (Å²) in [5, 5.41) is 3.00. The topological polar surface area (TPSA) is 64.1 Å². The summed E-state index contributed by atoms with van der Waals surface area (Å²) in [6.45, 7) is 5.42. The average molecular weight is 277 g/mol. The molecule has 1 N–H and O–H groups in total. The summed E-state index contributed by atoms with van der Waals surface area (Å²) in [6, 6.07) is 9.59. The van der Waals surface area contributed by atoms with E-state index in [0.717, 1.165) is 17.1 Å². The van der Waals surface area contributed by atoms with Gasteiger partial charge in [0.1, 0.15) is 5.60 Å². The van der Waals surface area contributed by atoms with Gasteiger partial charge in [0, 0.05) is 17.1 Å². The first-order valence-electron chi connectivity index (χ1n) is 5.83. The van der Waals surface area contributed by atoms with Crippen LogP contribution >= 0.6 is 11.5 Å². The van der Waals surface area contributed by atoms with Crippen LogP contribution in [0.1, 0.15) is 20.8 Å². The molecule has 1 aromatic heterocycles. The van der Waals surface area contributed by atoms with E-state index < -0.39 is 11.7 Å². The van der Waals surface area contributed by atoms with Crippen LogP contribution in [-0.4, -0.2) is 21.1 Å². The molecule has 0 aliphatic rings. The van der Waals surface area contributed by atoms with Gasteiger partial charge in [0.2, 0.25) is 5.13 Å². The van der Waals surface area contributed by atoms with Gasteiger partial charge in [-0.2, -0.15) is 9.36 Å². The van der Waals surface area contributed by atoms with Crippen LogP contribution in [0.4, 0.5) is 9.93 Å². The number of anilines is 1. The van der Waals surface area contributed by atoms with E-state index in [9.17, 15) is 4.79 Å². The standard InChI is InChI=1S/C13H15N3O2S/c1-13(2,3)18-12(17)15-11-14-10(16-19-11)9-7-5-4-6-8-9/h4-8H,1-3H3,(H,14,15,16,17). The Morgan fingerprint density at radius 3 is 2.58 bits per heavy atom. The van der Waals surface area contributed by atoms with Gasteiger partial charge < -0.3 is 4.74 Å². The fourth-order valence-corrected chi connectivity index (χ4v) is 1.95. The molecule has 1 heterocycles. The zero-order valence-corrected chi connectivity index (χ0v) is 11.8. The predicted octanol–water partition coefficient (Wildman–Crippen LogP) is 3.55. The Morgan fingerprint density at radius 1 is 1.26 bits per heavy atom. The number of nitrogens with one attached hydrogen (secondary N) is 1. The summed E-state index contributed by atoms with van der Waals surface area (Å²) in [5.41, 5.74) is 0.382. The summed E-state index contributed by atoms with van der Waals surface area (Å²) in [4.78, 5) is 15.8. The summed E-state index contributed by atoms with van der Waals surface area (Å²) in [7, 11) is 0. The van der Waals surface area contributed by atoms with Gasteiger partial charge in [-0.05, 0) is 20.8 Å². The van der Waals surface area contributed by atoms with Gasteiger partial charge in [0.25, 0.3) is 0 Å². The summed E-state index contributed by atoms with van der Waals surface area (Å²) < 4.78 is 9.34. The highest BCUT2D eigenvalue weighted by Gasteiger charge is 2.17. The van der Waals surface area contributed by atoms with Crippen LogP contribution in [-0.2, 0) is 4.74 Å². The highest BCUT2D eigenvalue weighted by atomic mass is 32.1. The summed E-state index contributed by atoms with van der Waals surface area (Å²) in [5.74, 6) is 0.594. The molecule has 0 radical (unpaired) electrons. The number of carbonyl (C=O) groups excluding carboxylic acids is 1. The van der Waals surface area contributed by atoms with Crippen LogP contribution in [0, 0.1) is 0 Å². The Labute approximate surface area is 115 Å². The second-order valence-electron chi connectivity index (χ2n) is 4.92. The lowest BCUT2D eigenvalue weighted by molar-refractivity contribution is 0.0636. The number of amides is 1. The first-order valence-corrected chi connectivity index (χ1v) is 6.60. The van der Waals surface area contributed by atoms with Crippen LogP contribution in [0.5, 0.6) is 0 Å². The van der Waals surface area contributed by atoms with E-state index in [4.69, 9.17) is 4.74 Å². The lowest BCUT2D eigenvalue weighted by Crippen LogP contribution is -2.27. The SMILES string of the molecule is CC(C)(C)OC(=O)Nc1nc(-c2ccccc2)ns1. The monoisotopic (exact) mass is 277 g/mol. The quantitative estimate of drug-likeness (QED) is 0.911. The number of nitrogens with zero attached hydrogens (tertiary/aromatic N) is 2. The maximum atomic E-state index is 11.6. The highest BCUT2D eigenvalue weighted by molar-refractivity contribution is 7.10. The molecule has 0 aliphatic heterocycles. The average Bonchev–Trinajstić information content (AvgIpc) is 2.76. The van der Waals surface area contributed by atoms with Crippen LogP contribution in [0.3, 0.4) is 0 Å². The molecule has 0 saturated carbocycles. The lowest BCUT2D eigenvalue weighted by atomic mass is 10.2. The second kappa shape index (κ2) is 5.36. The number of aromatic nitrogens is 2. The molecule has 0 saturated heterocycles. The normalized spacial score (nSPS) is 11.1. The zero-order chi connectivity index (χ0) is 13.9. The van der Waals surface area contributed by atoms with Crippen molar-refractivity contribution in [3.63, 3.8) is 0 Å². The lowest BCUT2D eigenvalue weighted by Gasteiger charge is -2.18. The minimum atomic E-state index is -0.531. The van der Waals surface area contributed by atoms with Gasteiger partial charge in [0.15, 0.2) is 5.82 Å². The third-order valence-electron chi connectivity index (χ3n) is 2.07. The van der Waals surface area contributed by atoms with Gasteiger partial charge in [0.05, 0.1) is 0 Å². The molecule has 0 fully saturated rings. The Hall–Kier alpha value is -1.95. The molecule has 0 aliphatic carbocycles. The zero-order valence-electron chi connectivity index (χ0n) is 11.0.